The maximum atomic E-state index is 17.9. The Morgan fingerprint density at radius 1 is 1.13 bits per heavy atom. The van der Waals surface area contributed by atoms with Gasteiger partial charge in [-0.15, -0.1) is 11.3 Å². The average Bonchev–Trinajstić information content (AvgIpc) is 3.52. The van der Waals surface area contributed by atoms with Gasteiger partial charge in [0.25, 0.3) is 0 Å². The fraction of sp³-hybridized carbons (Fsp3) is 0.657. The number of hydrogen-bond acceptors (Lipinski definition) is 9. The van der Waals surface area contributed by atoms with Crippen molar-refractivity contribution in [2.75, 3.05) is 13.2 Å². The number of carbonyl (C=O) groups excluding carboxylic acids is 3. The first kappa shape index (κ1) is 33.5. The highest BCUT2D eigenvalue weighted by molar-refractivity contribution is 7.11. The summed E-state index contributed by atoms with van der Waals surface area (Å²) in [5.74, 6) is -3.03. The lowest BCUT2D eigenvalue weighted by atomic mass is 9.44. The van der Waals surface area contributed by atoms with E-state index in [0.29, 0.717) is 31.6 Å². The van der Waals surface area contributed by atoms with E-state index in [2.05, 4.69) is 24.2 Å². The summed E-state index contributed by atoms with van der Waals surface area (Å²) < 4.78 is 29.2. The molecule has 3 fully saturated rings. The summed E-state index contributed by atoms with van der Waals surface area (Å²) in [6.45, 7) is 10.8. The van der Waals surface area contributed by atoms with E-state index >= 15 is 4.39 Å². The molecule has 0 saturated heterocycles. The van der Waals surface area contributed by atoms with Crippen molar-refractivity contribution in [3.8, 4) is 0 Å². The minimum Gasteiger partial charge on any atom is -0.457 e. The summed E-state index contributed by atoms with van der Waals surface area (Å²) in [6, 6.07) is 4.17. The topological polar surface area (TPSA) is 111 Å². The molecule has 5 rings (SSSR count). The molecular formula is C35H46FNO7S. The number of thiophene rings is 1. The Morgan fingerprint density at radius 2 is 1.87 bits per heavy atom. The minimum absolute atomic E-state index is 0.0502. The number of Topliss-reactive ketones (excluding diaryl/α,β-unsaturated/α-hetero) is 1. The number of oxime groups is 1. The summed E-state index contributed by atoms with van der Waals surface area (Å²) in [6.07, 6.45) is 6.32. The van der Waals surface area contributed by atoms with Crippen molar-refractivity contribution in [2.24, 2.45) is 33.7 Å². The third-order valence-electron chi connectivity index (χ3n) is 11.2. The van der Waals surface area contributed by atoms with Gasteiger partial charge in [0, 0.05) is 51.7 Å². The Morgan fingerprint density at radius 3 is 2.53 bits per heavy atom. The van der Waals surface area contributed by atoms with Crippen molar-refractivity contribution in [3.05, 3.63) is 45.7 Å². The lowest BCUT2D eigenvalue weighted by Crippen LogP contribution is -2.70. The maximum absolute atomic E-state index is 17.9. The van der Waals surface area contributed by atoms with Gasteiger partial charge < -0.3 is 19.4 Å². The van der Waals surface area contributed by atoms with Crippen LogP contribution < -0.4 is 0 Å². The molecule has 1 aromatic heterocycles. The molecule has 0 radical (unpaired) electrons. The van der Waals surface area contributed by atoms with E-state index in [9.17, 15) is 19.5 Å². The van der Waals surface area contributed by atoms with Gasteiger partial charge >= 0.3 is 11.9 Å². The van der Waals surface area contributed by atoms with Gasteiger partial charge in [0.1, 0.15) is 12.3 Å². The molecule has 0 unspecified atom stereocenters. The van der Waals surface area contributed by atoms with Gasteiger partial charge in [0.05, 0.1) is 6.10 Å². The van der Waals surface area contributed by atoms with Gasteiger partial charge in [-0.05, 0) is 69.7 Å². The molecule has 246 valence electrons. The van der Waals surface area contributed by atoms with Crippen molar-refractivity contribution in [3.63, 3.8) is 0 Å². The van der Waals surface area contributed by atoms with Crippen LogP contribution in [0.25, 0.3) is 0 Å². The van der Waals surface area contributed by atoms with Gasteiger partial charge in [-0.1, -0.05) is 44.5 Å². The van der Waals surface area contributed by atoms with Crippen LogP contribution in [-0.4, -0.2) is 59.1 Å². The van der Waals surface area contributed by atoms with E-state index in [-0.39, 0.29) is 25.2 Å². The highest BCUT2D eigenvalue weighted by Crippen LogP contribution is 2.71. The summed E-state index contributed by atoms with van der Waals surface area (Å²) in [5.41, 5.74) is -4.39. The first-order valence-corrected chi connectivity index (χ1v) is 17.0. The number of allylic oxidation sites excluding steroid dienone is 4. The molecule has 4 aliphatic carbocycles. The van der Waals surface area contributed by atoms with Crippen LogP contribution in [-0.2, 0) is 35.1 Å². The van der Waals surface area contributed by atoms with Crippen LogP contribution in [0.2, 0.25) is 0 Å². The van der Waals surface area contributed by atoms with Crippen molar-refractivity contribution < 1.29 is 38.2 Å². The van der Waals surface area contributed by atoms with E-state index < -0.39 is 64.4 Å². The number of aliphatic hydroxyl groups excluding tert-OH is 1. The summed E-state index contributed by atoms with van der Waals surface area (Å²) in [4.78, 5) is 46.9. The number of nitrogens with zero attached hydrogens (tertiary/aromatic N) is 1. The van der Waals surface area contributed by atoms with E-state index in [0.717, 1.165) is 12.0 Å². The van der Waals surface area contributed by atoms with Crippen molar-refractivity contribution >= 4 is 34.8 Å². The molecule has 8 atom stereocenters. The van der Waals surface area contributed by atoms with Crippen LogP contribution >= 0.6 is 11.3 Å². The normalized spacial score (nSPS) is 37.7. The first-order chi connectivity index (χ1) is 21.3. The Kier molecular flexibility index (Phi) is 9.23. The maximum Gasteiger partial charge on any atom is 0.306 e. The molecule has 1 heterocycles. The molecule has 45 heavy (non-hydrogen) atoms. The molecule has 0 aromatic carbocycles. The smallest absolute Gasteiger partial charge is 0.306 e. The summed E-state index contributed by atoms with van der Waals surface area (Å²) in [5, 5.41) is 16.2. The van der Waals surface area contributed by atoms with E-state index in [1.54, 1.807) is 31.3 Å². The zero-order chi connectivity index (χ0) is 32.8. The summed E-state index contributed by atoms with van der Waals surface area (Å²) >= 11 is 1.73. The number of carbonyl (C=O) groups is 3. The third kappa shape index (κ3) is 5.29. The van der Waals surface area contributed by atoms with Crippen LogP contribution in [0.3, 0.4) is 0 Å². The van der Waals surface area contributed by atoms with Crippen LogP contribution in [0.15, 0.2) is 41.1 Å². The lowest BCUT2D eigenvalue weighted by Gasteiger charge is -2.62. The van der Waals surface area contributed by atoms with Gasteiger partial charge in [-0.2, -0.15) is 0 Å². The quantitative estimate of drug-likeness (QED) is 0.183. The molecule has 3 saturated carbocycles. The lowest BCUT2D eigenvalue weighted by molar-refractivity contribution is -0.228. The number of esters is 2. The zero-order valence-corrected chi connectivity index (χ0v) is 28.0. The molecular weight excluding hydrogens is 597 g/mol. The standard InChI is InChI=1S/C35H46FNO7S/c1-7-30(40)42-20-29(39)35(44-31(41)8-2)21(3)17-27-26-12-10-23-18-24(37-43-16-14-25-11-9-22(4)45-25)13-15-32(23,5)34(26,36)28(38)19-33(27,35)6/h9,11,13,15,18,21,26-28,38H,7-8,10,12,14,16-17,19-20H2,1-6H3/b37-24-/t21-,26-,27-,28-,32-,33-,34-,35-/m0/s1. The highest BCUT2D eigenvalue weighted by Gasteiger charge is 2.77. The number of halogens is 1. The number of aryl methyl sites for hydroxylation is 1. The number of hydrogen-bond donors (Lipinski definition) is 1. The molecule has 0 amide bonds. The number of fused-ring (bicyclic) bond motifs is 5. The number of alkyl halides is 1. The van der Waals surface area contributed by atoms with Gasteiger partial charge in [-0.25, -0.2) is 4.39 Å². The van der Waals surface area contributed by atoms with Gasteiger partial charge in [-0.3, -0.25) is 14.4 Å². The highest BCUT2D eigenvalue weighted by atomic mass is 32.1. The Hall–Kier alpha value is -2.85. The Bertz CT molecular complexity index is 1430. The van der Waals surface area contributed by atoms with Gasteiger partial charge in [0.15, 0.2) is 17.9 Å². The van der Waals surface area contributed by atoms with Crippen LogP contribution in [0.4, 0.5) is 4.39 Å². The second kappa shape index (κ2) is 12.4. The molecule has 10 heteroatoms. The first-order valence-electron chi connectivity index (χ1n) is 16.2. The predicted molar refractivity (Wildman–Crippen MR) is 169 cm³/mol. The number of rotatable bonds is 10. The van der Waals surface area contributed by atoms with Crippen molar-refractivity contribution in [1.29, 1.82) is 0 Å². The van der Waals surface area contributed by atoms with Gasteiger partial charge in [0.2, 0.25) is 5.78 Å². The number of ketones is 1. The van der Waals surface area contributed by atoms with Crippen LogP contribution in [0.1, 0.15) is 82.9 Å². The Labute approximate surface area is 269 Å². The SMILES string of the molecule is CCC(=O)OCC(=O)[C@@]1(OC(=O)CC)[C@@H](C)C[C@H]2[C@@H]3CCC4=C/C(=N\OCCc5ccc(C)s5)C=C[C@]4(C)[C@@]3(F)[C@@H](O)C[C@@]21C. The molecule has 0 spiro atoms. The largest absolute Gasteiger partial charge is 0.457 e. The van der Waals surface area contributed by atoms with E-state index in [1.807, 2.05) is 32.9 Å². The van der Waals surface area contributed by atoms with E-state index in [4.69, 9.17) is 14.3 Å². The van der Waals surface area contributed by atoms with Crippen molar-refractivity contribution in [1.82, 2.24) is 0 Å². The van der Waals surface area contributed by atoms with Crippen LogP contribution in [0, 0.1) is 35.5 Å². The number of aliphatic hydroxyl groups is 1. The monoisotopic (exact) mass is 643 g/mol. The Balaban J connectivity index is 1.42. The fourth-order valence-electron chi connectivity index (χ4n) is 8.96. The van der Waals surface area contributed by atoms with Crippen LogP contribution in [0.5, 0.6) is 0 Å². The molecule has 0 bridgehead atoms. The van der Waals surface area contributed by atoms with E-state index in [1.165, 1.54) is 9.75 Å². The second-order valence-electron chi connectivity index (χ2n) is 13.6. The zero-order valence-electron chi connectivity index (χ0n) is 27.2. The number of ether oxygens (including phenoxy) is 2. The molecule has 0 aliphatic heterocycles. The van der Waals surface area contributed by atoms with Crippen molar-refractivity contribution in [2.45, 2.75) is 104 Å². The molecule has 1 N–H and O–H groups in total. The summed E-state index contributed by atoms with van der Waals surface area (Å²) in [7, 11) is 0. The molecule has 8 nitrogen and oxygen atoms in total. The average molecular weight is 644 g/mol. The second-order valence-corrected chi connectivity index (χ2v) is 15.0. The third-order valence-corrected chi connectivity index (χ3v) is 12.3. The molecule has 4 aliphatic rings. The fourth-order valence-corrected chi connectivity index (χ4v) is 9.83. The molecule has 1 aromatic rings. The minimum atomic E-state index is -2.02. The predicted octanol–water partition coefficient (Wildman–Crippen LogP) is 6.23.